The molecule has 0 aromatic heterocycles. The van der Waals surface area contributed by atoms with Crippen molar-refractivity contribution in [3.05, 3.63) is 53.1 Å². The summed E-state index contributed by atoms with van der Waals surface area (Å²) in [5, 5.41) is 0.682. The van der Waals surface area contributed by atoms with E-state index in [1.807, 2.05) is 43.3 Å². The van der Waals surface area contributed by atoms with Crippen LogP contribution < -0.4 is 9.47 Å². The van der Waals surface area contributed by atoms with Crippen LogP contribution in [0.1, 0.15) is 12.5 Å². The number of nitrogens with zero attached hydrogens (tertiary/aromatic N) is 1. The van der Waals surface area contributed by atoms with Crippen LogP contribution in [0.2, 0.25) is 5.02 Å². The molecule has 0 heterocycles. The van der Waals surface area contributed by atoms with Crippen LogP contribution in [0.3, 0.4) is 0 Å². The molecule has 0 unspecified atom stereocenters. The number of hydrogen-bond acceptors (Lipinski definition) is 4. The molecule has 0 saturated carbocycles. The Morgan fingerprint density at radius 2 is 1.80 bits per heavy atom. The molecule has 0 saturated heterocycles. The molecule has 25 heavy (non-hydrogen) atoms. The van der Waals surface area contributed by atoms with Crippen molar-refractivity contribution in [1.29, 1.82) is 0 Å². The molecule has 0 aliphatic rings. The molecule has 0 radical (unpaired) electrons. The predicted octanol–water partition coefficient (Wildman–Crippen LogP) is 4.91. The normalized spacial score (nSPS) is 10.2. The monoisotopic (exact) mass is 363 g/mol. The Morgan fingerprint density at radius 3 is 2.44 bits per heavy atom. The summed E-state index contributed by atoms with van der Waals surface area (Å²) in [7, 11) is 1.67. The molecule has 134 valence electrons. The molecule has 0 bridgehead atoms. The van der Waals surface area contributed by atoms with Gasteiger partial charge >= 0.3 is 6.09 Å². The summed E-state index contributed by atoms with van der Waals surface area (Å²) in [5.41, 5.74) is 0.967. The van der Waals surface area contributed by atoms with Gasteiger partial charge in [0.2, 0.25) is 0 Å². The first kappa shape index (κ1) is 18.9. The van der Waals surface area contributed by atoms with E-state index >= 15 is 0 Å². The average Bonchev–Trinajstić information content (AvgIpc) is 2.59. The lowest BCUT2D eigenvalue weighted by atomic mass is 10.2. The summed E-state index contributed by atoms with van der Waals surface area (Å²) < 4.78 is 16.4. The molecule has 0 N–H and O–H groups in total. The first-order valence-corrected chi connectivity index (χ1v) is 8.42. The second-order valence-electron chi connectivity index (χ2n) is 5.45. The largest absolute Gasteiger partial charge is 0.492 e. The lowest BCUT2D eigenvalue weighted by Crippen LogP contribution is -2.31. The highest BCUT2D eigenvalue weighted by atomic mass is 35.5. The van der Waals surface area contributed by atoms with Gasteiger partial charge in [0.25, 0.3) is 0 Å². The fourth-order valence-electron chi connectivity index (χ4n) is 2.08. The van der Waals surface area contributed by atoms with Gasteiger partial charge in [-0.1, -0.05) is 11.6 Å². The van der Waals surface area contributed by atoms with E-state index in [1.165, 1.54) is 4.90 Å². The number of carbonyl (C=O) groups excluding carboxylic acids is 1. The molecular weight excluding hydrogens is 342 g/mol. The van der Waals surface area contributed by atoms with E-state index in [9.17, 15) is 4.79 Å². The summed E-state index contributed by atoms with van der Waals surface area (Å²) in [5.74, 6) is 2.17. The van der Waals surface area contributed by atoms with Gasteiger partial charge in [-0.2, -0.15) is 0 Å². The van der Waals surface area contributed by atoms with Crippen LogP contribution in [0.5, 0.6) is 17.2 Å². The van der Waals surface area contributed by atoms with Crippen molar-refractivity contribution in [2.75, 3.05) is 26.8 Å². The summed E-state index contributed by atoms with van der Waals surface area (Å²) >= 11 is 5.94. The zero-order valence-electron chi connectivity index (χ0n) is 14.6. The molecule has 2 aromatic rings. The van der Waals surface area contributed by atoms with E-state index in [-0.39, 0.29) is 6.09 Å². The molecule has 0 aliphatic carbocycles. The number of hydrogen-bond donors (Lipinski definition) is 0. The summed E-state index contributed by atoms with van der Waals surface area (Å²) in [6.45, 7) is 4.90. The van der Waals surface area contributed by atoms with Crippen molar-refractivity contribution >= 4 is 17.7 Å². The van der Waals surface area contributed by atoms with Gasteiger partial charge in [0.15, 0.2) is 0 Å². The zero-order valence-corrected chi connectivity index (χ0v) is 15.4. The molecule has 2 rings (SSSR count). The molecular formula is C19H22ClNO4. The third kappa shape index (κ3) is 5.87. The lowest BCUT2D eigenvalue weighted by molar-refractivity contribution is 0.110. The van der Waals surface area contributed by atoms with Gasteiger partial charge < -0.3 is 19.1 Å². The number of carbonyl (C=O) groups is 1. The number of ether oxygens (including phenoxy) is 3. The van der Waals surface area contributed by atoms with Gasteiger partial charge in [0, 0.05) is 12.1 Å². The Labute approximate surface area is 153 Å². The van der Waals surface area contributed by atoms with E-state index in [0.29, 0.717) is 36.3 Å². The van der Waals surface area contributed by atoms with E-state index < -0.39 is 0 Å². The van der Waals surface area contributed by atoms with Crippen LogP contribution in [-0.2, 0) is 4.74 Å². The maximum absolute atomic E-state index is 11.5. The maximum atomic E-state index is 11.5. The summed E-state index contributed by atoms with van der Waals surface area (Å²) in [6, 6.07) is 12.8. The lowest BCUT2D eigenvalue weighted by Gasteiger charge is -2.16. The van der Waals surface area contributed by atoms with E-state index in [1.54, 1.807) is 20.0 Å². The van der Waals surface area contributed by atoms with Crippen LogP contribution in [0.15, 0.2) is 42.5 Å². The minimum Gasteiger partial charge on any atom is -0.492 e. The Bertz CT molecular complexity index is 703. The molecule has 0 fully saturated rings. The maximum Gasteiger partial charge on any atom is 0.409 e. The fourth-order valence-corrected chi connectivity index (χ4v) is 2.31. The van der Waals surface area contributed by atoms with E-state index in [4.69, 9.17) is 25.8 Å². The zero-order chi connectivity index (χ0) is 18.2. The van der Waals surface area contributed by atoms with Crippen molar-refractivity contribution in [3.8, 4) is 17.2 Å². The Balaban J connectivity index is 1.84. The van der Waals surface area contributed by atoms with Gasteiger partial charge in [-0.25, -0.2) is 4.79 Å². The SMILES string of the molecule is CCOC(=O)N(C)CCOc1ccc(Oc2ccc(Cl)cc2C)cc1. The predicted molar refractivity (Wildman–Crippen MR) is 97.9 cm³/mol. The van der Waals surface area contributed by atoms with Crippen LogP contribution in [0, 0.1) is 6.92 Å². The molecule has 0 spiro atoms. The Kier molecular flexibility index (Phi) is 6.95. The third-order valence-corrected chi connectivity index (χ3v) is 3.70. The highest BCUT2D eigenvalue weighted by molar-refractivity contribution is 6.30. The van der Waals surface area contributed by atoms with Crippen molar-refractivity contribution in [3.63, 3.8) is 0 Å². The molecule has 0 atom stereocenters. The summed E-state index contributed by atoms with van der Waals surface area (Å²) in [4.78, 5) is 13.0. The average molecular weight is 364 g/mol. The van der Waals surface area contributed by atoms with Crippen LogP contribution in [0.4, 0.5) is 4.79 Å². The minimum absolute atomic E-state index is 0.354. The van der Waals surface area contributed by atoms with Gasteiger partial charge in [-0.05, 0) is 61.9 Å². The number of aryl methyl sites for hydroxylation is 1. The smallest absolute Gasteiger partial charge is 0.409 e. The van der Waals surface area contributed by atoms with Crippen LogP contribution in [-0.4, -0.2) is 37.8 Å². The van der Waals surface area contributed by atoms with Crippen molar-refractivity contribution in [2.45, 2.75) is 13.8 Å². The van der Waals surface area contributed by atoms with Crippen molar-refractivity contribution in [1.82, 2.24) is 4.90 Å². The van der Waals surface area contributed by atoms with Crippen molar-refractivity contribution < 1.29 is 19.0 Å². The first-order chi connectivity index (χ1) is 12.0. The Morgan fingerprint density at radius 1 is 1.12 bits per heavy atom. The van der Waals surface area contributed by atoms with Gasteiger partial charge in [0.05, 0.1) is 13.2 Å². The second-order valence-corrected chi connectivity index (χ2v) is 5.89. The number of rotatable bonds is 7. The van der Waals surface area contributed by atoms with Gasteiger partial charge in [-0.15, -0.1) is 0 Å². The number of amides is 1. The molecule has 2 aromatic carbocycles. The minimum atomic E-state index is -0.354. The van der Waals surface area contributed by atoms with E-state index in [0.717, 1.165) is 11.3 Å². The highest BCUT2D eigenvalue weighted by Crippen LogP contribution is 2.28. The summed E-state index contributed by atoms with van der Waals surface area (Å²) in [6.07, 6.45) is -0.354. The quantitative estimate of drug-likeness (QED) is 0.701. The van der Waals surface area contributed by atoms with Gasteiger partial charge in [-0.3, -0.25) is 0 Å². The highest BCUT2D eigenvalue weighted by Gasteiger charge is 2.08. The first-order valence-electron chi connectivity index (χ1n) is 8.04. The number of benzene rings is 2. The number of halogens is 1. The topological polar surface area (TPSA) is 48.0 Å². The van der Waals surface area contributed by atoms with Gasteiger partial charge in [0.1, 0.15) is 23.9 Å². The van der Waals surface area contributed by atoms with Crippen LogP contribution >= 0.6 is 11.6 Å². The van der Waals surface area contributed by atoms with Crippen molar-refractivity contribution in [2.24, 2.45) is 0 Å². The molecule has 5 nitrogen and oxygen atoms in total. The number of likely N-dealkylation sites (N-methyl/N-ethyl adjacent to an activating group) is 1. The Hall–Kier alpha value is -2.40. The molecule has 6 heteroatoms. The third-order valence-electron chi connectivity index (χ3n) is 3.46. The fraction of sp³-hybridized carbons (Fsp3) is 0.316. The second kappa shape index (κ2) is 9.18. The standard InChI is InChI=1S/C19H22ClNO4/c1-4-23-19(22)21(3)11-12-24-16-6-8-17(9-7-16)25-18-10-5-15(20)13-14(18)2/h5-10,13H,4,11-12H2,1-3H3. The van der Waals surface area contributed by atoms with Crippen LogP contribution in [0.25, 0.3) is 0 Å². The van der Waals surface area contributed by atoms with E-state index in [2.05, 4.69) is 0 Å². The molecule has 0 aliphatic heterocycles. The molecule has 1 amide bonds.